The van der Waals surface area contributed by atoms with Gasteiger partial charge < -0.3 is 0 Å². The van der Waals surface area contributed by atoms with Gasteiger partial charge in [0, 0.05) is 6.20 Å². The van der Waals surface area contributed by atoms with Gasteiger partial charge in [0.25, 0.3) is 0 Å². The number of imidazole rings is 1. The molecule has 0 aliphatic heterocycles. The van der Waals surface area contributed by atoms with Gasteiger partial charge in [0.05, 0.1) is 11.4 Å². The average molecular weight is 334 g/mol. The molecule has 0 spiro atoms. The molecule has 0 atom stereocenters. The van der Waals surface area contributed by atoms with E-state index in [1.807, 2.05) is 22.7 Å². The number of aromatic nitrogens is 2. The normalized spacial score (nSPS) is 11.9. The van der Waals surface area contributed by atoms with Crippen molar-refractivity contribution in [2.45, 2.75) is 52.9 Å². The lowest BCUT2D eigenvalue weighted by atomic mass is 10.1. The number of rotatable bonds is 6. The highest BCUT2D eigenvalue weighted by atomic mass is 15.2. The van der Waals surface area contributed by atoms with Gasteiger partial charge in [0.1, 0.15) is 5.65 Å². The van der Waals surface area contributed by atoms with Crippen molar-refractivity contribution < 1.29 is 0 Å². The molecule has 0 amide bonds. The standard InChI is InChI=1S/C21H26N4/c1-5-6-7-17-8-10-18(11-9-17)23-24-21-20(15(2)3)22-19-14-16(4)12-13-25(19)21/h8-15H,5-7H2,1-4H3. The Labute approximate surface area is 149 Å². The first-order chi connectivity index (χ1) is 12.1. The van der Waals surface area contributed by atoms with Crippen LogP contribution < -0.4 is 0 Å². The molecule has 0 aliphatic rings. The third-order valence-electron chi connectivity index (χ3n) is 4.34. The van der Waals surface area contributed by atoms with Gasteiger partial charge in [0.2, 0.25) is 0 Å². The van der Waals surface area contributed by atoms with Crippen LogP contribution in [0.3, 0.4) is 0 Å². The van der Waals surface area contributed by atoms with Crippen molar-refractivity contribution >= 4 is 17.2 Å². The number of nitrogens with zero attached hydrogens (tertiary/aromatic N) is 4. The Morgan fingerprint density at radius 2 is 1.84 bits per heavy atom. The number of azo groups is 1. The van der Waals surface area contributed by atoms with Gasteiger partial charge in [0.15, 0.2) is 5.82 Å². The minimum Gasteiger partial charge on any atom is -0.283 e. The van der Waals surface area contributed by atoms with E-state index in [1.165, 1.54) is 24.0 Å². The first-order valence-corrected chi connectivity index (χ1v) is 9.07. The Morgan fingerprint density at radius 3 is 2.52 bits per heavy atom. The van der Waals surface area contributed by atoms with Crippen LogP contribution >= 0.6 is 0 Å². The Bertz CT molecular complexity index is 873. The molecule has 0 saturated heterocycles. The van der Waals surface area contributed by atoms with Crippen molar-refractivity contribution in [1.29, 1.82) is 0 Å². The second-order valence-corrected chi connectivity index (χ2v) is 6.88. The summed E-state index contributed by atoms with van der Waals surface area (Å²) in [5, 5.41) is 8.98. The summed E-state index contributed by atoms with van der Waals surface area (Å²) in [4.78, 5) is 4.74. The van der Waals surface area contributed by atoms with Crippen LogP contribution in [0.25, 0.3) is 5.65 Å². The fourth-order valence-corrected chi connectivity index (χ4v) is 2.85. The van der Waals surface area contributed by atoms with Crippen LogP contribution in [-0.2, 0) is 6.42 Å². The summed E-state index contributed by atoms with van der Waals surface area (Å²) in [6.45, 7) is 8.56. The van der Waals surface area contributed by atoms with E-state index in [1.54, 1.807) is 0 Å². The van der Waals surface area contributed by atoms with E-state index in [0.717, 1.165) is 29.3 Å². The largest absolute Gasteiger partial charge is 0.283 e. The summed E-state index contributed by atoms with van der Waals surface area (Å²) >= 11 is 0. The maximum absolute atomic E-state index is 4.74. The zero-order chi connectivity index (χ0) is 17.8. The molecule has 4 nitrogen and oxygen atoms in total. The SMILES string of the molecule is CCCCc1ccc(N=Nc2c(C(C)C)nc3cc(C)ccn23)cc1. The minimum absolute atomic E-state index is 0.297. The van der Waals surface area contributed by atoms with Gasteiger partial charge in [-0.1, -0.05) is 39.3 Å². The molecule has 0 saturated carbocycles. The van der Waals surface area contributed by atoms with Gasteiger partial charge in [-0.3, -0.25) is 4.40 Å². The van der Waals surface area contributed by atoms with E-state index in [4.69, 9.17) is 4.98 Å². The number of unbranched alkanes of at least 4 members (excludes halogenated alkanes) is 1. The smallest absolute Gasteiger partial charge is 0.183 e. The lowest BCUT2D eigenvalue weighted by molar-refractivity contribution is 0.795. The van der Waals surface area contributed by atoms with Crippen LogP contribution in [0.2, 0.25) is 0 Å². The third-order valence-corrected chi connectivity index (χ3v) is 4.34. The molecule has 0 bridgehead atoms. The van der Waals surface area contributed by atoms with E-state index in [-0.39, 0.29) is 0 Å². The Balaban J connectivity index is 1.91. The Kier molecular flexibility index (Phi) is 5.27. The zero-order valence-corrected chi connectivity index (χ0v) is 15.5. The molecule has 1 aromatic carbocycles. The summed E-state index contributed by atoms with van der Waals surface area (Å²) < 4.78 is 2.02. The minimum atomic E-state index is 0.297. The zero-order valence-electron chi connectivity index (χ0n) is 15.5. The molecule has 0 unspecified atom stereocenters. The predicted molar refractivity (Wildman–Crippen MR) is 103 cm³/mol. The molecule has 0 N–H and O–H groups in total. The number of hydrogen-bond acceptors (Lipinski definition) is 3. The van der Waals surface area contributed by atoms with Crippen molar-refractivity contribution in [2.24, 2.45) is 10.2 Å². The van der Waals surface area contributed by atoms with Gasteiger partial charge >= 0.3 is 0 Å². The fourth-order valence-electron chi connectivity index (χ4n) is 2.85. The quantitative estimate of drug-likeness (QED) is 0.473. The summed E-state index contributed by atoms with van der Waals surface area (Å²) in [6, 6.07) is 12.5. The highest BCUT2D eigenvalue weighted by Gasteiger charge is 2.15. The molecule has 130 valence electrons. The molecule has 4 heteroatoms. The van der Waals surface area contributed by atoms with E-state index in [2.05, 4.69) is 62.2 Å². The van der Waals surface area contributed by atoms with Crippen molar-refractivity contribution in [3.63, 3.8) is 0 Å². The molecule has 0 fully saturated rings. The maximum Gasteiger partial charge on any atom is 0.183 e. The number of hydrogen-bond donors (Lipinski definition) is 0. The number of aryl methyl sites for hydroxylation is 2. The number of fused-ring (bicyclic) bond motifs is 1. The van der Waals surface area contributed by atoms with Crippen LogP contribution in [0.1, 0.15) is 56.4 Å². The molecular weight excluding hydrogens is 308 g/mol. The molecule has 3 aromatic rings. The second-order valence-electron chi connectivity index (χ2n) is 6.88. The first-order valence-electron chi connectivity index (χ1n) is 9.07. The fraction of sp³-hybridized carbons (Fsp3) is 0.381. The average Bonchev–Trinajstić information content (AvgIpc) is 2.97. The molecule has 2 heterocycles. The van der Waals surface area contributed by atoms with Crippen LogP contribution in [0.15, 0.2) is 52.8 Å². The van der Waals surface area contributed by atoms with E-state index >= 15 is 0 Å². The third kappa shape index (κ3) is 3.95. The molecule has 0 aliphatic carbocycles. The summed E-state index contributed by atoms with van der Waals surface area (Å²) in [5.74, 6) is 1.12. The summed E-state index contributed by atoms with van der Waals surface area (Å²) in [7, 11) is 0. The van der Waals surface area contributed by atoms with Crippen molar-refractivity contribution in [1.82, 2.24) is 9.38 Å². The van der Waals surface area contributed by atoms with Crippen LogP contribution in [0.5, 0.6) is 0 Å². The van der Waals surface area contributed by atoms with Crippen LogP contribution in [-0.4, -0.2) is 9.38 Å². The lowest BCUT2D eigenvalue weighted by Crippen LogP contribution is -1.87. The highest BCUT2D eigenvalue weighted by molar-refractivity contribution is 5.54. The summed E-state index contributed by atoms with van der Waals surface area (Å²) in [5.41, 5.74) is 5.33. The van der Waals surface area contributed by atoms with Crippen LogP contribution in [0.4, 0.5) is 11.5 Å². The van der Waals surface area contributed by atoms with E-state index in [9.17, 15) is 0 Å². The topological polar surface area (TPSA) is 42.0 Å². The molecule has 3 rings (SSSR count). The number of benzene rings is 1. The molecular formula is C21H26N4. The van der Waals surface area contributed by atoms with Crippen molar-refractivity contribution in [2.75, 3.05) is 0 Å². The Hall–Kier alpha value is -2.49. The summed E-state index contributed by atoms with van der Waals surface area (Å²) in [6.07, 6.45) is 5.58. The van der Waals surface area contributed by atoms with E-state index < -0.39 is 0 Å². The predicted octanol–water partition coefficient (Wildman–Crippen LogP) is 6.52. The van der Waals surface area contributed by atoms with E-state index in [0.29, 0.717) is 5.92 Å². The molecule has 2 aromatic heterocycles. The van der Waals surface area contributed by atoms with Gasteiger partial charge in [-0.15, -0.1) is 10.2 Å². The van der Waals surface area contributed by atoms with Crippen LogP contribution in [0, 0.1) is 6.92 Å². The monoisotopic (exact) mass is 334 g/mol. The van der Waals surface area contributed by atoms with Crippen molar-refractivity contribution in [3.05, 3.63) is 59.4 Å². The van der Waals surface area contributed by atoms with Gasteiger partial charge in [-0.2, -0.15) is 0 Å². The van der Waals surface area contributed by atoms with Crippen molar-refractivity contribution in [3.8, 4) is 0 Å². The first kappa shape index (κ1) is 17.3. The second kappa shape index (κ2) is 7.60. The van der Waals surface area contributed by atoms with Gasteiger partial charge in [-0.25, -0.2) is 4.98 Å². The molecule has 25 heavy (non-hydrogen) atoms. The lowest BCUT2D eigenvalue weighted by Gasteiger charge is -2.02. The molecule has 0 radical (unpaired) electrons. The Morgan fingerprint density at radius 1 is 1.08 bits per heavy atom. The number of pyridine rings is 1. The highest BCUT2D eigenvalue weighted by Crippen LogP contribution is 2.29. The maximum atomic E-state index is 4.74. The van der Waals surface area contributed by atoms with Gasteiger partial charge in [-0.05, 0) is 61.1 Å².